The van der Waals surface area contributed by atoms with Gasteiger partial charge in [0.05, 0.1) is 19.3 Å². The number of aromatic nitrogens is 2. The van der Waals surface area contributed by atoms with Crippen LogP contribution in [0.5, 0.6) is 5.75 Å². The summed E-state index contributed by atoms with van der Waals surface area (Å²) < 4.78 is 7.37. The lowest BCUT2D eigenvalue weighted by molar-refractivity contribution is 0.415. The highest BCUT2D eigenvalue weighted by atomic mass is 16.5. The average molecular weight is 245 g/mol. The van der Waals surface area contributed by atoms with Crippen molar-refractivity contribution in [1.82, 2.24) is 14.9 Å². The number of hydrogen-bond donors (Lipinski definition) is 1. The first-order chi connectivity index (χ1) is 8.67. The maximum atomic E-state index is 5.25. The molecule has 0 amide bonds. The third-order valence-corrected chi connectivity index (χ3v) is 3.15. The van der Waals surface area contributed by atoms with E-state index in [4.69, 9.17) is 4.74 Å². The molecule has 0 saturated carbocycles. The highest BCUT2D eigenvalue weighted by Gasteiger charge is 2.12. The van der Waals surface area contributed by atoms with E-state index in [9.17, 15) is 0 Å². The van der Waals surface area contributed by atoms with E-state index in [1.165, 1.54) is 0 Å². The number of nitrogens with one attached hydrogen (secondary N) is 1. The van der Waals surface area contributed by atoms with Crippen molar-refractivity contribution >= 4 is 0 Å². The Labute approximate surface area is 108 Å². The summed E-state index contributed by atoms with van der Waals surface area (Å²) in [5.41, 5.74) is 3.26. The van der Waals surface area contributed by atoms with E-state index in [-0.39, 0.29) is 0 Å². The van der Waals surface area contributed by atoms with Crippen LogP contribution in [0.3, 0.4) is 0 Å². The second-order valence-corrected chi connectivity index (χ2v) is 4.28. The van der Waals surface area contributed by atoms with Gasteiger partial charge in [0.15, 0.2) is 0 Å². The minimum absolute atomic E-state index is 0.765. The van der Waals surface area contributed by atoms with Crippen LogP contribution in [-0.4, -0.2) is 23.7 Å². The van der Waals surface area contributed by atoms with Crippen molar-refractivity contribution in [1.29, 1.82) is 0 Å². The fourth-order valence-electron chi connectivity index (χ4n) is 2.00. The van der Waals surface area contributed by atoms with Crippen LogP contribution in [0.4, 0.5) is 0 Å². The molecule has 0 atom stereocenters. The highest BCUT2D eigenvalue weighted by Crippen LogP contribution is 2.26. The molecule has 4 heteroatoms. The standard InChI is InChI=1S/C14H19N3O/c1-10-14(16-13(9-15-2)17(10)3)11-6-5-7-12(8-11)18-4/h5-8,15H,9H2,1-4H3. The summed E-state index contributed by atoms with van der Waals surface area (Å²) in [4.78, 5) is 4.69. The smallest absolute Gasteiger partial charge is 0.123 e. The molecule has 96 valence electrons. The summed E-state index contributed by atoms with van der Waals surface area (Å²) in [5.74, 6) is 1.89. The van der Waals surface area contributed by atoms with E-state index in [0.29, 0.717) is 0 Å². The van der Waals surface area contributed by atoms with Crippen LogP contribution in [0, 0.1) is 6.92 Å². The molecular formula is C14H19N3O. The fraction of sp³-hybridized carbons (Fsp3) is 0.357. The van der Waals surface area contributed by atoms with Crippen LogP contribution in [0.1, 0.15) is 11.5 Å². The lowest BCUT2D eigenvalue weighted by atomic mass is 10.1. The first-order valence-electron chi connectivity index (χ1n) is 5.98. The maximum Gasteiger partial charge on any atom is 0.123 e. The normalized spacial score (nSPS) is 10.7. The molecule has 1 aromatic heterocycles. The van der Waals surface area contributed by atoms with Crippen LogP contribution < -0.4 is 10.1 Å². The van der Waals surface area contributed by atoms with Crippen molar-refractivity contribution < 1.29 is 4.74 Å². The van der Waals surface area contributed by atoms with Crippen LogP contribution >= 0.6 is 0 Å². The molecular weight excluding hydrogens is 226 g/mol. The number of benzene rings is 1. The van der Waals surface area contributed by atoms with E-state index in [0.717, 1.165) is 35.1 Å². The molecule has 0 radical (unpaired) electrons. The molecule has 1 aromatic carbocycles. The molecule has 2 rings (SSSR count). The quantitative estimate of drug-likeness (QED) is 0.896. The van der Waals surface area contributed by atoms with E-state index in [2.05, 4.69) is 27.9 Å². The summed E-state index contributed by atoms with van der Waals surface area (Å²) in [5, 5.41) is 3.13. The Bertz CT molecular complexity index is 546. The van der Waals surface area contributed by atoms with Crippen molar-refractivity contribution in [2.24, 2.45) is 7.05 Å². The van der Waals surface area contributed by atoms with E-state index < -0.39 is 0 Å². The zero-order valence-electron chi connectivity index (χ0n) is 11.3. The number of methoxy groups -OCH3 is 1. The third-order valence-electron chi connectivity index (χ3n) is 3.15. The topological polar surface area (TPSA) is 39.1 Å². The monoisotopic (exact) mass is 245 g/mol. The molecule has 0 bridgehead atoms. The van der Waals surface area contributed by atoms with Crippen LogP contribution in [-0.2, 0) is 13.6 Å². The fourth-order valence-corrected chi connectivity index (χ4v) is 2.00. The summed E-state index contributed by atoms with van der Waals surface area (Å²) in [6.45, 7) is 2.85. The van der Waals surface area contributed by atoms with E-state index in [1.54, 1.807) is 7.11 Å². The molecule has 1 heterocycles. The molecule has 0 aliphatic rings. The molecule has 0 aliphatic heterocycles. The van der Waals surface area contributed by atoms with Crippen LogP contribution in [0.15, 0.2) is 24.3 Å². The summed E-state index contributed by atoms with van der Waals surface area (Å²) in [6, 6.07) is 8.00. The second kappa shape index (κ2) is 5.23. The minimum Gasteiger partial charge on any atom is -0.497 e. The predicted molar refractivity (Wildman–Crippen MR) is 72.7 cm³/mol. The Kier molecular flexibility index (Phi) is 3.67. The number of rotatable bonds is 4. The molecule has 4 nitrogen and oxygen atoms in total. The lowest BCUT2D eigenvalue weighted by Gasteiger charge is -2.03. The Morgan fingerprint density at radius 2 is 2.17 bits per heavy atom. The van der Waals surface area contributed by atoms with Crippen molar-refractivity contribution in [3.63, 3.8) is 0 Å². The van der Waals surface area contributed by atoms with Gasteiger partial charge in [0.25, 0.3) is 0 Å². The van der Waals surface area contributed by atoms with Gasteiger partial charge < -0.3 is 14.6 Å². The Hall–Kier alpha value is -1.81. The Balaban J connectivity index is 2.46. The molecule has 18 heavy (non-hydrogen) atoms. The molecule has 0 aliphatic carbocycles. The van der Waals surface area contributed by atoms with Gasteiger partial charge in [0.1, 0.15) is 11.6 Å². The Morgan fingerprint density at radius 1 is 1.39 bits per heavy atom. The number of hydrogen-bond acceptors (Lipinski definition) is 3. The third kappa shape index (κ3) is 2.24. The van der Waals surface area contributed by atoms with Gasteiger partial charge in [-0.15, -0.1) is 0 Å². The summed E-state index contributed by atoms with van der Waals surface area (Å²) in [7, 11) is 5.64. The largest absolute Gasteiger partial charge is 0.497 e. The van der Waals surface area contributed by atoms with E-state index >= 15 is 0 Å². The van der Waals surface area contributed by atoms with Crippen molar-refractivity contribution in [2.75, 3.05) is 14.2 Å². The van der Waals surface area contributed by atoms with Gasteiger partial charge in [0.2, 0.25) is 0 Å². The molecule has 2 aromatic rings. The first kappa shape index (κ1) is 12.6. The Morgan fingerprint density at radius 3 is 2.83 bits per heavy atom. The van der Waals surface area contributed by atoms with E-state index in [1.807, 2.05) is 32.3 Å². The lowest BCUT2D eigenvalue weighted by Crippen LogP contribution is -2.10. The zero-order chi connectivity index (χ0) is 13.1. The van der Waals surface area contributed by atoms with Gasteiger partial charge in [-0.1, -0.05) is 12.1 Å². The molecule has 1 N–H and O–H groups in total. The van der Waals surface area contributed by atoms with Gasteiger partial charge in [0, 0.05) is 18.3 Å². The highest BCUT2D eigenvalue weighted by molar-refractivity contribution is 5.64. The average Bonchev–Trinajstić information content (AvgIpc) is 2.68. The minimum atomic E-state index is 0.765. The molecule has 0 unspecified atom stereocenters. The van der Waals surface area contributed by atoms with Gasteiger partial charge in [-0.3, -0.25) is 0 Å². The molecule has 0 fully saturated rings. The summed E-state index contributed by atoms with van der Waals surface area (Å²) >= 11 is 0. The number of nitrogens with zero attached hydrogens (tertiary/aromatic N) is 2. The number of imidazole rings is 1. The van der Waals surface area contributed by atoms with Crippen LogP contribution in [0.25, 0.3) is 11.3 Å². The van der Waals surface area contributed by atoms with Gasteiger partial charge in [-0.25, -0.2) is 4.98 Å². The van der Waals surface area contributed by atoms with Crippen LogP contribution in [0.2, 0.25) is 0 Å². The summed E-state index contributed by atoms with van der Waals surface area (Å²) in [6.07, 6.45) is 0. The zero-order valence-corrected chi connectivity index (χ0v) is 11.3. The van der Waals surface area contributed by atoms with Crippen molar-refractivity contribution in [2.45, 2.75) is 13.5 Å². The SMILES string of the molecule is CNCc1nc(-c2cccc(OC)c2)c(C)n1C. The van der Waals surface area contributed by atoms with Crippen molar-refractivity contribution in [3.8, 4) is 17.0 Å². The maximum absolute atomic E-state index is 5.25. The van der Waals surface area contributed by atoms with Gasteiger partial charge in [-0.2, -0.15) is 0 Å². The number of ether oxygens (including phenoxy) is 1. The van der Waals surface area contributed by atoms with Gasteiger partial charge in [-0.05, 0) is 26.1 Å². The van der Waals surface area contributed by atoms with Gasteiger partial charge >= 0.3 is 0 Å². The predicted octanol–water partition coefficient (Wildman–Crippen LogP) is 2.12. The first-order valence-corrected chi connectivity index (χ1v) is 5.98. The second-order valence-electron chi connectivity index (χ2n) is 4.28. The van der Waals surface area contributed by atoms with Crippen molar-refractivity contribution in [3.05, 3.63) is 35.8 Å². The molecule has 0 saturated heterocycles. The molecule has 0 spiro atoms.